The van der Waals surface area contributed by atoms with Gasteiger partial charge in [-0.05, 0) is 36.8 Å². The number of benzene rings is 2. The van der Waals surface area contributed by atoms with Gasteiger partial charge in [0, 0.05) is 16.0 Å². The van der Waals surface area contributed by atoms with Crippen LogP contribution >= 0.6 is 11.3 Å². The number of halogens is 2. The minimum Gasteiger partial charge on any atom is -0.306 e. The summed E-state index contributed by atoms with van der Waals surface area (Å²) in [5.74, 6) is -0.403. The number of aromatic nitrogens is 2. The maximum Gasteiger partial charge on any atom is 0.260 e. The Balaban J connectivity index is 1.95. The molecule has 0 unspecified atom stereocenters. The molecule has 0 aliphatic carbocycles. The van der Waals surface area contributed by atoms with E-state index in [4.69, 9.17) is 0 Å². The lowest BCUT2D eigenvalue weighted by molar-refractivity contribution is 0.627. The lowest BCUT2D eigenvalue weighted by Crippen LogP contribution is -2.09. The van der Waals surface area contributed by atoms with E-state index >= 15 is 0 Å². The molecule has 2 aromatic heterocycles. The van der Waals surface area contributed by atoms with Crippen molar-refractivity contribution in [2.75, 3.05) is 0 Å². The van der Waals surface area contributed by atoms with E-state index in [2.05, 4.69) is 9.97 Å². The summed E-state index contributed by atoms with van der Waals surface area (Å²) >= 11 is 1.39. The summed E-state index contributed by atoms with van der Waals surface area (Å²) in [7, 11) is 0. The first-order chi connectivity index (χ1) is 12.0. The van der Waals surface area contributed by atoms with Crippen molar-refractivity contribution in [1.29, 1.82) is 0 Å². The SMILES string of the molecule is Cc1sc2nc(-c3cccc(F)c3)[nH]c(=O)c2c1-c1ccc(F)cc1. The van der Waals surface area contributed by atoms with Crippen LogP contribution in [0.2, 0.25) is 0 Å². The number of H-pyrrole nitrogens is 1. The zero-order valence-electron chi connectivity index (χ0n) is 13.1. The third-order valence-electron chi connectivity index (χ3n) is 3.97. The molecule has 0 amide bonds. The van der Waals surface area contributed by atoms with Crippen LogP contribution in [0, 0.1) is 18.6 Å². The summed E-state index contributed by atoms with van der Waals surface area (Å²) in [4.78, 5) is 21.4. The molecule has 3 nitrogen and oxygen atoms in total. The average Bonchev–Trinajstić information content (AvgIpc) is 2.92. The summed E-state index contributed by atoms with van der Waals surface area (Å²) in [6.45, 7) is 1.90. The Hall–Kier alpha value is -2.86. The normalized spacial score (nSPS) is 11.2. The van der Waals surface area contributed by atoms with Gasteiger partial charge in [0.25, 0.3) is 5.56 Å². The van der Waals surface area contributed by atoms with Crippen molar-refractivity contribution in [2.45, 2.75) is 6.92 Å². The molecule has 0 aliphatic heterocycles. The summed E-state index contributed by atoms with van der Waals surface area (Å²) in [5.41, 5.74) is 1.72. The van der Waals surface area contributed by atoms with Gasteiger partial charge in [0.05, 0.1) is 5.39 Å². The highest BCUT2D eigenvalue weighted by Crippen LogP contribution is 2.36. The van der Waals surface area contributed by atoms with Crippen LogP contribution in [0.5, 0.6) is 0 Å². The van der Waals surface area contributed by atoms with Crippen molar-refractivity contribution in [1.82, 2.24) is 9.97 Å². The number of rotatable bonds is 2. The third kappa shape index (κ3) is 2.74. The van der Waals surface area contributed by atoms with Crippen molar-refractivity contribution in [3.63, 3.8) is 0 Å². The number of aryl methyl sites for hydroxylation is 1. The molecule has 2 heterocycles. The van der Waals surface area contributed by atoms with Crippen molar-refractivity contribution in [2.24, 2.45) is 0 Å². The van der Waals surface area contributed by atoms with E-state index in [1.165, 1.54) is 35.6 Å². The predicted octanol–water partition coefficient (Wildman–Crippen LogP) is 4.91. The topological polar surface area (TPSA) is 45.8 Å². The smallest absolute Gasteiger partial charge is 0.260 e. The molecular weight excluding hydrogens is 342 g/mol. The van der Waals surface area contributed by atoms with Crippen LogP contribution in [-0.2, 0) is 0 Å². The van der Waals surface area contributed by atoms with E-state index < -0.39 is 5.82 Å². The Labute approximate surface area is 145 Å². The predicted molar refractivity (Wildman–Crippen MR) is 95.8 cm³/mol. The number of hydrogen-bond acceptors (Lipinski definition) is 3. The van der Waals surface area contributed by atoms with Gasteiger partial charge in [-0.15, -0.1) is 11.3 Å². The van der Waals surface area contributed by atoms with Gasteiger partial charge >= 0.3 is 0 Å². The van der Waals surface area contributed by atoms with Gasteiger partial charge in [-0.2, -0.15) is 0 Å². The van der Waals surface area contributed by atoms with Crippen LogP contribution < -0.4 is 5.56 Å². The second-order valence-electron chi connectivity index (χ2n) is 5.65. The van der Waals surface area contributed by atoms with Gasteiger partial charge in [0.2, 0.25) is 0 Å². The Kier molecular flexibility index (Phi) is 3.69. The molecule has 6 heteroatoms. The van der Waals surface area contributed by atoms with Crippen molar-refractivity contribution in [3.05, 3.63) is 75.4 Å². The number of nitrogens with one attached hydrogen (secondary N) is 1. The van der Waals surface area contributed by atoms with Crippen molar-refractivity contribution in [3.8, 4) is 22.5 Å². The van der Waals surface area contributed by atoms with Crippen LogP contribution in [0.15, 0.2) is 53.3 Å². The molecule has 0 fully saturated rings. The molecule has 0 bridgehead atoms. The molecule has 4 rings (SSSR count). The number of hydrogen-bond donors (Lipinski definition) is 1. The maximum absolute atomic E-state index is 13.4. The van der Waals surface area contributed by atoms with Gasteiger partial charge in [-0.1, -0.05) is 24.3 Å². The van der Waals surface area contributed by atoms with Crippen LogP contribution in [0.25, 0.3) is 32.7 Å². The minimum absolute atomic E-state index is 0.298. The zero-order chi connectivity index (χ0) is 17.6. The standard InChI is InChI=1S/C19H12F2N2OS/c1-10-15(11-5-7-13(20)8-6-11)16-18(24)22-17(23-19(16)25-10)12-3-2-4-14(21)9-12/h2-9H,1H3,(H,22,23,24). The van der Waals surface area contributed by atoms with Gasteiger partial charge in [0.15, 0.2) is 0 Å². The third-order valence-corrected chi connectivity index (χ3v) is 4.97. The van der Waals surface area contributed by atoms with Crippen LogP contribution in [0.1, 0.15) is 4.88 Å². The second kappa shape index (κ2) is 5.89. The Morgan fingerprint density at radius 1 is 1.00 bits per heavy atom. The molecule has 0 atom stereocenters. The summed E-state index contributed by atoms with van der Waals surface area (Å²) in [6.07, 6.45) is 0. The number of fused-ring (bicyclic) bond motifs is 1. The number of nitrogens with zero attached hydrogens (tertiary/aromatic N) is 1. The lowest BCUT2D eigenvalue weighted by Gasteiger charge is -2.03. The second-order valence-corrected chi connectivity index (χ2v) is 6.85. The van der Waals surface area contributed by atoms with Crippen LogP contribution in [-0.4, -0.2) is 9.97 Å². The largest absolute Gasteiger partial charge is 0.306 e. The summed E-state index contributed by atoms with van der Waals surface area (Å²) in [6, 6.07) is 11.9. The van der Waals surface area contributed by atoms with Crippen molar-refractivity contribution < 1.29 is 8.78 Å². The molecule has 0 radical (unpaired) electrons. The quantitative estimate of drug-likeness (QED) is 0.556. The molecule has 124 valence electrons. The van der Waals surface area contributed by atoms with E-state index in [0.29, 0.717) is 21.6 Å². The highest BCUT2D eigenvalue weighted by molar-refractivity contribution is 7.19. The Bertz CT molecular complexity index is 1150. The fraction of sp³-hybridized carbons (Fsp3) is 0.0526. The van der Waals surface area contributed by atoms with Crippen LogP contribution in [0.3, 0.4) is 0 Å². The highest BCUT2D eigenvalue weighted by atomic mass is 32.1. The van der Waals surface area contributed by atoms with Crippen molar-refractivity contribution >= 4 is 21.6 Å². The fourth-order valence-electron chi connectivity index (χ4n) is 2.86. The minimum atomic E-state index is -0.394. The van der Waals surface area contributed by atoms with E-state index in [0.717, 1.165) is 16.0 Å². The number of thiophene rings is 1. The lowest BCUT2D eigenvalue weighted by atomic mass is 10.0. The summed E-state index contributed by atoms with van der Waals surface area (Å²) in [5, 5.41) is 0.467. The molecule has 2 aromatic carbocycles. The first-order valence-corrected chi connectivity index (χ1v) is 8.40. The number of aromatic amines is 1. The van der Waals surface area contributed by atoms with Gasteiger partial charge in [-0.25, -0.2) is 13.8 Å². The van der Waals surface area contributed by atoms with Gasteiger partial charge < -0.3 is 4.98 Å². The summed E-state index contributed by atoms with van der Waals surface area (Å²) < 4.78 is 26.6. The Morgan fingerprint density at radius 3 is 2.48 bits per heavy atom. The molecule has 25 heavy (non-hydrogen) atoms. The molecule has 0 saturated heterocycles. The van der Waals surface area contributed by atoms with E-state index in [1.54, 1.807) is 24.3 Å². The fourth-order valence-corrected chi connectivity index (χ4v) is 3.90. The first kappa shape index (κ1) is 15.7. The molecule has 4 aromatic rings. The molecule has 1 N–H and O–H groups in total. The van der Waals surface area contributed by atoms with E-state index in [1.807, 2.05) is 6.92 Å². The monoisotopic (exact) mass is 354 g/mol. The average molecular weight is 354 g/mol. The first-order valence-electron chi connectivity index (χ1n) is 7.58. The molecule has 0 saturated carbocycles. The van der Waals surface area contributed by atoms with Gasteiger partial charge in [0.1, 0.15) is 22.3 Å². The molecular formula is C19H12F2N2OS. The Morgan fingerprint density at radius 2 is 1.76 bits per heavy atom. The van der Waals surface area contributed by atoms with E-state index in [9.17, 15) is 13.6 Å². The molecule has 0 spiro atoms. The molecule has 0 aliphatic rings. The van der Waals surface area contributed by atoms with E-state index in [-0.39, 0.29) is 11.4 Å². The maximum atomic E-state index is 13.4. The van der Waals surface area contributed by atoms with Crippen LogP contribution in [0.4, 0.5) is 8.78 Å². The highest BCUT2D eigenvalue weighted by Gasteiger charge is 2.17. The van der Waals surface area contributed by atoms with Gasteiger partial charge in [-0.3, -0.25) is 4.79 Å². The zero-order valence-corrected chi connectivity index (χ0v) is 14.0.